The van der Waals surface area contributed by atoms with Gasteiger partial charge in [0, 0.05) is 53.0 Å². The Bertz CT molecular complexity index is 419. The van der Waals surface area contributed by atoms with E-state index in [1.807, 2.05) is 12.1 Å². The van der Waals surface area contributed by atoms with Crippen LogP contribution < -0.4 is 10.6 Å². The number of nitrogens with one attached hydrogen (secondary N) is 2. The van der Waals surface area contributed by atoms with Crippen molar-refractivity contribution in [3.8, 4) is 0 Å². The number of rotatable bonds is 13. The van der Waals surface area contributed by atoms with Gasteiger partial charge in [-0.2, -0.15) is 0 Å². The Morgan fingerprint density at radius 3 is 2.30 bits per heavy atom. The molecule has 0 spiro atoms. The zero-order chi connectivity index (χ0) is 17.0. The molecule has 1 atom stereocenters. The molecular weight excluding hydrogens is 308 g/mol. The van der Waals surface area contributed by atoms with Crippen molar-refractivity contribution in [1.82, 2.24) is 10.6 Å². The molecule has 23 heavy (non-hydrogen) atoms. The largest absolute Gasteiger partial charge is 0.500 e. The maximum absolute atomic E-state index is 5.44. The van der Waals surface area contributed by atoms with Gasteiger partial charge in [0.2, 0.25) is 0 Å². The van der Waals surface area contributed by atoms with Crippen LogP contribution in [0.1, 0.15) is 12.0 Å². The minimum Gasteiger partial charge on any atom is -0.377 e. The molecule has 0 bridgehead atoms. The Hall–Kier alpha value is -1.02. The first-order valence-electron chi connectivity index (χ1n) is 7.95. The first-order valence-corrected chi connectivity index (χ1v) is 9.89. The lowest BCUT2D eigenvalue weighted by Crippen LogP contribution is -2.44. The third-order valence-corrected chi connectivity index (χ3v) is 6.63. The molecule has 0 aliphatic carbocycles. The van der Waals surface area contributed by atoms with Crippen molar-refractivity contribution in [1.29, 1.82) is 0 Å². The van der Waals surface area contributed by atoms with Gasteiger partial charge in [0.15, 0.2) is 0 Å². The second-order valence-corrected chi connectivity index (χ2v) is 8.38. The smallest absolute Gasteiger partial charge is 0.377 e. The minimum absolute atomic E-state index is 0.223. The Labute approximate surface area is 141 Å². The second kappa shape index (κ2) is 11.5. The molecule has 1 unspecified atom stereocenters. The summed E-state index contributed by atoms with van der Waals surface area (Å²) in [5, 5.41) is 6.90. The zero-order valence-corrected chi connectivity index (χ0v) is 15.5. The highest BCUT2D eigenvalue weighted by Crippen LogP contribution is 2.16. The highest BCUT2D eigenvalue weighted by Gasteiger charge is 2.37. The molecule has 0 saturated heterocycles. The van der Waals surface area contributed by atoms with Gasteiger partial charge in [-0.05, 0) is 12.0 Å². The quantitative estimate of drug-likeness (QED) is 0.328. The summed E-state index contributed by atoms with van der Waals surface area (Å²) in [6.07, 6.45) is 2.81. The van der Waals surface area contributed by atoms with Crippen molar-refractivity contribution < 1.29 is 13.3 Å². The summed E-state index contributed by atoms with van der Waals surface area (Å²) in [5.41, 5.74) is 1.30. The Balaban J connectivity index is 2.22. The van der Waals surface area contributed by atoms with Crippen LogP contribution in [0.25, 0.3) is 0 Å². The molecule has 0 radical (unpaired) electrons. The molecule has 1 aromatic rings. The lowest BCUT2D eigenvalue weighted by Gasteiger charge is -2.26. The van der Waals surface area contributed by atoms with Gasteiger partial charge in [0.05, 0.1) is 0 Å². The van der Waals surface area contributed by atoms with E-state index in [1.165, 1.54) is 5.56 Å². The van der Waals surface area contributed by atoms with Crippen molar-refractivity contribution in [2.45, 2.75) is 25.1 Å². The van der Waals surface area contributed by atoms with Crippen molar-refractivity contribution in [3.63, 3.8) is 0 Å². The highest BCUT2D eigenvalue weighted by atomic mass is 28.4. The molecule has 0 fully saturated rings. The molecule has 0 aliphatic heterocycles. The van der Waals surface area contributed by atoms with Gasteiger partial charge in [-0.25, -0.2) is 0 Å². The summed E-state index contributed by atoms with van der Waals surface area (Å²) in [5.74, 6) is 0. The first-order chi connectivity index (χ1) is 11.2. The lowest BCUT2D eigenvalue weighted by molar-refractivity contribution is 0.122. The van der Waals surface area contributed by atoms with Crippen LogP contribution in [0.4, 0.5) is 0 Å². The van der Waals surface area contributed by atoms with E-state index < -0.39 is 8.80 Å². The number of hydrogen-bond donors (Lipinski definition) is 2. The van der Waals surface area contributed by atoms with Crippen LogP contribution in [0, 0.1) is 0 Å². The van der Waals surface area contributed by atoms with Gasteiger partial charge in [-0.1, -0.05) is 36.4 Å². The summed E-state index contributed by atoms with van der Waals surface area (Å²) in [7, 11) is 2.43. The summed E-state index contributed by atoms with van der Waals surface area (Å²) in [6.45, 7) is 6.56. The summed E-state index contributed by atoms with van der Waals surface area (Å²) >= 11 is 0. The fourth-order valence-corrected chi connectivity index (χ4v) is 4.14. The van der Waals surface area contributed by atoms with E-state index in [0.717, 1.165) is 32.1 Å². The van der Waals surface area contributed by atoms with E-state index in [9.17, 15) is 0 Å². The molecular formula is C17H30N2O3Si. The number of benzene rings is 1. The van der Waals surface area contributed by atoms with E-state index in [1.54, 1.807) is 21.3 Å². The summed E-state index contributed by atoms with van der Waals surface area (Å²) in [6, 6.07) is 11.4. The second-order valence-electron chi connectivity index (χ2n) is 5.29. The number of hydrogen-bond acceptors (Lipinski definition) is 5. The van der Waals surface area contributed by atoms with Gasteiger partial charge in [-0.15, -0.1) is 6.58 Å². The molecule has 0 saturated carbocycles. The van der Waals surface area contributed by atoms with Crippen LogP contribution in [0.5, 0.6) is 0 Å². The third-order valence-electron chi connectivity index (χ3n) is 3.86. The molecule has 130 valence electrons. The average molecular weight is 339 g/mol. The predicted molar refractivity (Wildman–Crippen MR) is 96.3 cm³/mol. The maximum atomic E-state index is 5.44. The summed E-state index contributed by atoms with van der Waals surface area (Å²) in [4.78, 5) is 0. The van der Waals surface area contributed by atoms with Gasteiger partial charge in [-0.3, -0.25) is 0 Å². The van der Waals surface area contributed by atoms with Crippen LogP contribution in [-0.4, -0.2) is 49.3 Å². The van der Waals surface area contributed by atoms with Crippen molar-refractivity contribution in [3.05, 3.63) is 48.6 Å². The van der Waals surface area contributed by atoms with Gasteiger partial charge < -0.3 is 23.9 Å². The Morgan fingerprint density at radius 1 is 1.09 bits per heavy atom. The van der Waals surface area contributed by atoms with E-state index >= 15 is 0 Å². The summed E-state index contributed by atoms with van der Waals surface area (Å²) < 4.78 is 16.3. The third kappa shape index (κ3) is 7.39. The van der Waals surface area contributed by atoms with Crippen LogP contribution in [0.15, 0.2) is 43.0 Å². The van der Waals surface area contributed by atoms with E-state index in [2.05, 4.69) is 41.5 Å². The molecule has 6 heteroatoms. The Morgan fingerprint density at radius 2 is 1.74 bits per heavy atom. The van der Waals surface area contributed by atoms with Gasteiger partial charge in [0.1, 0.15) is 0 Å². The fraction of sp³-hybridized carbons (Fsp3) is 0.529. The van der Waals surface area contributed by atoms with Crippen molar-refractivity contribution in [2.75, 3.05) is 34.4 Å². The van der Waals surface area contributed by atoms with Crippen LogP contribution in [-0.2, 0) is 19.8 Å². The topological polar surface area (TPSA) is 51.8 Å². The molecule has 0 aromatic heterocycles. The molecule has 1 rings (SSSR count). The molecule has 2 N–H and O–H groups in total. The van der Waals surface area contributed by atoms with Crippen molar-refractivity contribution in [2.24, 2.45) is 0 Å². The minimum atomic E-state index is -2.50. The highest BCUT2D eigenvalue weighted by molar-refractivity contribution is 6.60. The molecule has 5 nitrogen and oxygen atoms in total. The van der Waals surface area contributed by atoms with Crippen LogP contribution in [0.2, 0.25) is 6.04 Å². The standard InChI is InChI=1S/C17H30N2O3Si/c1-5-17(11-14-23(20-2,21-3)22-4)19-13-12-18-15-16-9-7-6-8-10-16/h5-10,17-19H,1,11-15H2,2-4H3. The Kier molecular flexibility index (Phi) is 10.0. The lowest BCUT2D eigenvalue weighted by atomic mass is 10.2. The van der Waals surface area contributed by atoms with Crippen LogP contribution in [0.3, 0.4) is 0 Å². The van der Waals surface area contributed by atoms with E-state index in [4.69, 9.17) is 13.3 Å². The van der Waals surface area contributed by atoms with Crippen LogP contribution >= 0.6 is 0 Å². The molecule has 1 aromatic carbocycles. The predicted octanol–water partition coefficient (Wildman–Crippen LogP) is 2.19. The molecule has 0 heterocycles. The van der Waals surface area contributed by atoms with E-state index in [-0.39, 0.29) is 6.04 Å². The van der Waals surface area contributed by atoms with E-state index in [0.29, 0.717) is 0 Å². The molecule has 0 aliphatic rings. The van der Waals surface area contributed by atoms with Gasteiger partial charge >= 0.3 is 8.80 Å². The normalized spacial score (nSPS) is 13.0. The van der Waals surface area contributed by atoms with Gasteiger partial charge in [0.25, 0.3) is 0 Å². The monoisotopic (exact) mass is 338 g/mol. The first kappa shape index (κ1) is 20.0. The maximum Gasteiger partial charge on any atom is 0.500 e. The zero-order valence-electron chi connectivity index (χ0n) is 14.5. The SMILES string of the molecule is C=CC(CC[Si](OC)(OC)OC)NCCNCc1ccccc1. The molecule has 0 amide bonds. The van der Waals surface area contributed by atoms with Crippen molar-refractivity contribution >= 4 is 8.80 Å². The average Bonchev–Trinajstić information content (AvgIpc) is 2.62. The fourth-order valence-electron chi connectivity index (χ4n) is 2.37.